The molecule has 0 spiro atoms. The van der Waals surface area contributed by atoms with Gasteiger partial charge in [-0.3, -0.25) is 0 Å². The number of rotatable bonds is 4. The predicted octanol–water partition coefficient (Wildman–Crippen LogP) is 3.68. The van der Waals surface area contributed by atoms with Gasteiger partial charge in [0.15, 0.2) is 0 Å². The summed E-state index contributed by atoms with van der Waals surface area (Å²) in [6, 6.07) is 7.44. The summed E-state index contributed by atoms with van der Waals surface area (Å²) in [5.74, 6) is 0.342. The minimum Gasteiger partial charge on any atom is -0.508 e. The average Bonchev–Trinajstić information content (AvgIpc) is 2.21. The summed E-state index contributed by atoms with van der Waals surface area (Å²) in [7, 11) is 0. The van der Waals surface area contributed by atoms with Crippen LogP contribution in [0.5, 0.6) is 5.75 Å². The van der Waals surface area contributed by atoms with Crippen molar-refractivity contribution >= 4 is 0 Å². The van der Waals surface area contributed by atoms with Gasteiger partial charge in [-0.05, 0) is 43.9 Å². The molecule has 0 unspecified atom stereocenters. The van der Waals surface area contributed by atoms with Crippen molar-refractivity contribution in [3.8, 4) is 5.75 Å². The lowest BCUT2D eigenvalue weighted by atomic mass is 10.1. The second-order valence-electron chi connectivity index (χ2n) is 3.61. The molecule has 0 saturated carbocycles. The Balaban J connectivity index is 2.42. The molecule has 0 atom stereocenters. The van der Waals surface area contributed by atoms with E-state index in [1.165, 1.54) is 11.1 Å². The molecule has 0 aliphatic heterocycles. The Morgan fingerprint density at radius 1 is 1.29 bits per heavy atom. The largest absolute Gasteiger partial charge is 0.508 e. The van der Waals surface area contributed by atoms with Crippen LogP contribution in [-0.4, -0.2) is 5.11 Å². The third kappa shape index (κ3) is 3.65. The normalized spacial score (nSPS) is 11.7. The molecule has 0 bridgehead atoms. The molecule has 0 aromatic heterocycles. The van der Waals surface area contributed by atoms with Gasteiger partial charge in [0.1, 0.15) is 5.75 Å². The zero-order chi connectivity index (χ0) is 10.4. The summed E-state index contributed by atoms with van der Waals surface area (Å²) in [5.41, 5.74) is 2.73. The summed E-state index contributed by atoms with van der Waals surface area (Å²) in [6.07, 6.45) is 5.56. The van der Waals surface area contributed by atoms with Gasteiger partial charge in [0.25, 0.3) is 0 Å². The van der Waals surface area contributed by atoms with Crippen LogP contribution in [0.4, 0.5) is 0 Å². The zero-order valence-corrected chi connectivity index (χ0v) is 8.96. The van der Waals surface area contributed by atoms with Crippen molar-refractivity contribution in [1.82, 2.24) is 0 Å². The van der Waals surface area contributed by atoms with Crippen LogP contribution in [0.1, 0.15) is 32.3 Å². The summed E-state index contributed by atoms with van der Waals surface area (Å²) in [6.45, 7) is 4.34. The van der Waals surface area contributed by atoms with E-state index in [1.54, 1.807) is 12.1 Å². The molecule has 0 heterocycles. The van der Waals surface area contributed by atoms with Gasteiger partial charge in [0.05, 0.1) is 0 Å². The van der Waals surface area contributed by atoms with Crippen LogP contribution in [0.15, 0.2) is 35.9 Å². The maximum absolute atomic E-state index is 9.10. The molecule has 0 saturated heterocycles. The molecule has 0 fully saturated rings. The number of phenolic OH excluding ortho intramolecular Hbond substituents is 1. The lowest BCUT2D eigenvalue weighted by Gasteiger charge is -1.99. The number of allylic oxidation sites excluding steroid dienone is 2. The average molecular weight is 190 g/mol. The molecule has 76 valence electrons. The molecular formula is C13H18O. The summed E-state index contributed by atoms with van der Waals surface area (Å²) in [4.78, 5) is 0. The fourth-order valence-electron chi connectivity index (χ4n) is 1.29. The molecule has 0 aliphatic carbocycles. The molecule has 0 radical (unpaired) electrons. The first kappa shape index (κ1) is 10.8. The first-order chi connectivity index (χ1) is 6.72. The van der Waals surface area contributed by atoms with Crippen LogP contribution in [0.3, 0.4) is 0 Å². The van der Waals surface area contributed by atoms with Gasteiger partial charge in [-0.15, -0.1) is 0 Å². The molecule has 0 amide bonds. The van der Waals surface area contributed by atoms with Crippen LogP contribution < -0.4 is 0 Å². The molecule has 14 heavy (non-hydrogen) atoms. The van der Waals surface area contributed by atoms with Crippen molar-refractivity contribution < 1.29 is 5.11 Å². The van der Waals surface area contributed by atoms with Crippen molar-refractivity contribution in [3.63, 3.8) is 0 Å². The van der Waals surface area contributed by atoms with E-state index in [9.17, 15) is 0 Å². The monoisotopic (exact) mass is 190 g/mol. The van der Waals surface area contributed by atoms with Crippen molar-refractivity contribution in [2.75, 3.05) is 0 Å². The highest BCUT2D eigenvalue weighted by Crippen LogP contribution is 2.12. The topological polar surface area (TPSA) is 20.2 Å². The molecule has 1 aromatic carbocycles. The van der Waals surface area contributed by atoms with Crippen LogP contribution >= 0.6 is 0 Å². The summed E-state index contributed by atoms with van der Waals surface area (Å²) >= 11 is 0. The molecule has 1 heteroatoms. The number of phenols is 1. The van der Waals surface area contributed by atoms with Crippen molar-refractivity contribution in [1.29, 1.82) is 0 Å². The van der Waals surface area contributed by atoms with E-state index in [1.807, 2.05) is 12.1 Å². The highest BCUT2D eigenvalue weighted by Gasteiger charge is 1.92. The molecule has 1 nitrogen and oxygen atoms in total. The number of aryl methyl sites for hydroxylation is 1. The smallest absolute Gasteiger partial charge is 0.115 e. The Labute approximate surface area is 86.1 Å². The first-order valence-electron chi connectivity index (χ1n) is 5.16. The molecule has 1 rings (SSSR count). The van der Waals surface area contributed by atoms with E-state index in [0.717, 1.165) is 19.3 Å². The van der Waals surface area contributed by atoms with Crippen molar-refractivity contribution in [2.45, 2.75) is 33.1 Å². The predicted molar refractivity (Wildman–Crippen MR) is 60.5 cm³/mol. The quantitative estimate of drug-likeness (QED) is 0.718. The van der Waals surface area contributed by atoms with E-state index in [2.05, 4.69) is 19.9 Å². The highest BCUT2D eigenvalue weighted by atomic mass is 16.3. The van der Waals surface area contributed by atoms with Gasteiger partial charge >= 0.3 is 0 Å². The first-order valence-corrected chi connectivity index (χ1v) is 5.16. The Kier molecular flexibility index (Phi) is 4.24. The third-order valence-electron chi connectivity index (χ3n) is 2.42. The fraction of sp³-hybridized carbons (Fsp3) is 0.385. The summed E-state index contributed by atoms with van der Waals surface area (Å²) in [5, 5.41) is 9.10. The number of benzene rings is 1. The van der Waals surface area contributed by atoms with Crippen LogP contribution in [0, 0.1) is 0 Å². The van der Waals surface area contributed by atoms with Gasteiger partial charge < -0.3 is 5.11 Å². The number of hydrogen-bond donors (Lipinski definition) is 1. The van der Waals surface area contributed by atoms with E-state index in [4.69, 9.17) is 5.11 Å². The van der Waals surface area contributed by atoms with Crippen LogP contribution in [0.2, 0.25) is 0 Å². The highest BCUT2D eigenvalue weighted by molar-refractivity contribution is 5.26. The van der Waals surface area contributed by atoms with E-state index < -0.39 is 0 Å². The maximum Gasteiger partial charge on any atom is 0.115 e. The third-order valence-corrected chi connectivity index (χ3v) is 2.42. The molecule has 0 aliphatic rings. The second-order valence-corrected chi connectivity index (χ2v) is 3.61. The lowest BCUT2D eigenvalue weighted by molar-refractivity contribution is 0.475. The maximum atomic E-state index is 9.10. The standard InChI is InChI=1S/C13H18O/c1-3-11(2)5-4-6-12-7-9-13(14)10-8-12/h5,7-10,14H,3-4,6H2,1-2H3/b11-5+. The SMILES string of the molecule is CC/C(C)=C/CCc1ccc(O)cc1. The zero-order valence-electron chi connectivity index (χ0n) is 8.96. The van der Waals surface area contributed by atoms with Crippen LogP contribution in [-0.2, 0) is 6.42 Å². The van der Waals surface area contributed by atoms with Gasteiger partial charge in [0, 0.05) is 0 Å². The molecular weight excluding hydrogens is 172 g/mol. The Hall–Kier alpha value is -1.24. The lowest BCUT2D eigenvalue weighted by Crippen LogP contribution is -1.83. The van der Waals surface area contributed by atoms with Gasteiger partial charge in [0.2, 0.25) is 0 Å². The molecule has 1 aromatic rings. The van der Waals surface area contributed by atoms with E-state index in [-0.39, 0.29) is 0 Å². The van der Waals surface area contributed by atoms with Gasteiger partial charge in [-0.25, -0.2) is 0 Å². The Morgan fingerprint density at radius 3 is 2.50 bits per heavy atom. The molecule has 1 N–H and O–H groups in total. The fourth-order valence-corrected chi connectivity index (χ4v) is 1.29. The van der Waals surface area contributed by atoms with Gasteiger partial charge in [-0.2, -0.15) is 0 Å². The summed E-state index contributed by atoms with van der Waals surface area (Å²) < 4.78 is 0. The van der Waals surface area contributed by atoms with Gasteiger partial charge in [-0.1, -0.05) is 30.7 Å². The van der Waals surface area contributed by atoms with E-state index in [0.29, 0.717) is 5.75 Å². The van der Waals surface area contributed by atoms with Crippen LogP contribution in [0.25, 0.3) is 0 Å². The second kappa shape index (κ2) is 5.48. The van der Waals surface area contributed by atoms with Crippen molar-refractivity contribution in [3.05, 3.63) is 41.5 Å². The minimum atomic E-state index is 0.342. The Morgan fingerprint density at radius 2 is 1.93 bits per heavy atom. The number of aromatic hydroxyl groups is 1. The van der Waals surface area contributed by atoms with E-state index >= 15 is 0 Å². The minimum absolute atomic E-state index is 0.342. The Bertz CT molecular complexity index is 296. The van der Waals surface area contributed by atoms with Crippen molar-refractivity contribution in [2.24, 2.45) is 0 Å². The number of hydrogen-bond acceptors (Lipinski definition) is 1.